The van der Waals surface area contributed by atoms with Gasteiger partial charge in [-0.25, -0.2) is 9.59 Å². The van der Waals surface area contributed by atoms with E-state index in [1.165, 1.54) is 26.4 Å². The van der Waals surface area contributed by atoms with Crippen molar-refractivity contribution < 1.29 is 28.9 Å². The number of allylic oxidation sites excluding steroid dienone is 2. The van der Waals surface area contributed by atoms with Gasteiger partial charge in [0.2, 0.25) is 0 Å². The molecule has 1 heterocycles. The second kappa shape index (κ2) is 6.56. The van der Waals surface area contributed by atoms with Crippen LogP contribution in [-0.2, 0) is 23.8 Å². The lowest BCUT2D eigenvalue weighted by molar-refractivity contribution is -0.137. The molecule has 0 radical (unpaired) electrons. The smallest absolute Gasteiger partial charge is 0.338 e. The van der Waals surface area contributed by atoms with Crippen LogP contribution in [0.4, 0.5) is 0 Å². The number of phenols is 1. The maximum absolute atomic E-state index is 12.2. The van der Waals surface area contributed by atoms with E-state index in [-0.39, 0.29) is 16.9 Å². The van der Waals surface area contributed by atoms with E-state index in [1.807, 2.05) is 0 Å². The molecule has 0 unspecified atom stereocenters. The van der Waals surface area contributed by atoms with E-state index in [0.29, 0.717) is 17.1 Å². The molecule has 1 aliphatic rings. The van der Waals surface area contributed by atoms with Crippen LogP contribution in [-0.4, -0.2) is 31.3 Å². The van der Waals surface area contributed by atoms with Crippen molar-refractivity contribution >= 4 is 11.9 Å². The molecule has 122 valence electrons. The predicted molar refractivity (Wildman–Crippen MR) is 81.4 cm³/mol. The number of carbonyl (C=O) groups excluding carboxylic acids is 2. The molecule has 23 heavy (non-hydrogen) atoms. The highest BCUT2D eigenvalue weighted by atomic mass is 16.5. The maximum Gasteiger partial charge on any atom is 0.338 e. The molecule has 0 aliphatic carbocycles. The summed E-state index contributed by atoms with van der Waals surface area (Å²) in [5, 5.41) is 9.47. The normalized spacial score (nSPS) is 15.3. The van der Waals surface area contributed by atoms with Crippen molar-refractivity contribution in [2.45, 2.75) is 19.8 Å². The lowest BCUT2D eigenvalue weighted by Crippen LogP contribution is -2.26. The Morgan fingerprint density at radius 1 is 0.957 bits per heavy atom. The summed E-state index contributed by atoms with van der Waals surface area (Å²) in [6.07, 6.45) is 0. The van der Waals surface area contributed by atoms with E-state index in [0.717, 1.165) is 0 Å². The fourth-order valence-corrected chi connectivity index (χ4v) is 2.63. The summed E-state index contributed by atoms with van der Waals surface area (Å²) < 4.78 is 15.2. The van der Waals surface area contributed by atoms with Crippen LogP contribution < -0.4 is 0 Å². The summed E-state index contributed by atoms with van der Waals surface area (Å²) in [7, 11) is 2.53. The molecule has 1 aromatic rings. The summed E-state index contributed by atoms with van der Waals surface area (Å²) in [5.74, 6) is -1.06. The van der Waals surface area contributed by atoms with E-state index in [9.17, 15) is 14.7 Å². The molecule has 0 aromatic heterocycles. The van der Waals surface area contributed by atoms with Gasteiger partial charge in [0.25, 0.3) is 0 Å². The van der Waals surface area contributed by atoms with Gasteiger partial charge in [0, 0.05) is 0 Å². The highest BCUT2D eigenvalue weighted by Crippen LogP contribution is 2.41. The molecule has 0 saturated heterocycles. The number of benzene rings is 1. The summed E-state index contributed by atoms with van der Waals surface area (Å²) in [5.41, 5.74) is 1.10. The monoisotopic (exact) mass is 318 g/mol. The van der Waals surface area contributed by atoms with Gasteiger partial charge in [0.05, 0.1) is 31.3 Å². The van der Waals surface area contributed by atoms with Crippen molar-refractivity contribution in [2.24, 2.45) is 0 Å². The van der Waals surface area contributed by atoms with Crippen molar-refractivity contribution in [2.75, 3.05) is 14.2 Å². The Hall–Kier alpha value is -2.76. The van der Waals surface area contributed by atoms with Crippen molar-refractivity contribution in [1.29, 1.82) is 0 Å². The second-order valence-corrected chi connectivity index (χ2v) is 5.05. The first-order chi connectivity index (χ1) is 10.9. The van der Waals surface area contributed by atoms with E-state index in [2.05, 4.69) is 0 Å². The van der Waals surface area contributed by atoms with Gasteiger partial charge in [0.15, 0.2) is 0 Å². The third-order valence-corrected chi connectivity index (χ3v) is 3.68. The summed E-state index contributed by atoms with van der Waals surface area (Å²) in [6.45, 7) is 3.27. The third kappa shape index (κ3) is 3.06. The molecule has 0 bridgehead atoms. The summed E-state index contributed by atoms with van der Waals surface area (Å²) in [6, 6.07) is 6.24. The third-order valence-electron chi connectivity index (χ3n) is 3.68. The fourth-order valence-electron chi connectivity index (χ4n) is 2.63. The number of hydrogen-bond donors (Lipinski definition) is 1. The Labute approximate surface area is 134 Å². The van der Waals surface area contributed by atoms with Crippen LogP contribution in [0.2, 0.25) is 0 Å². The highest BCUT2D eigenvalue weighted by molar-refractivity contribution is 5.99. The zero-order valence-electron chi connectivity index (χ0n) is 13.4. The van der Waals surface area contributed by atoms with Crippen molar-refractivity contribution in [3.8, 4) is 5.75 Å². The number of hydrogen-bond acceptors (Lipinski definition) is 6. The van der Waals surface area contributed by atoms with Gasteiger partial charge in [-0.1, -0.05) is 12.1 Å². The topological polar surface area (TPSA) is 82.1 Å². The average Bonchev–Trinajstić information content (AvgIpc) is 2.53. The lowest BCUT2D eigenvalue weighted by Gasteiger charge is -2.28. The first-order valence-electron chi connectivity index (χ1n) is 6.95. The Morgan fingerprint density at radius 2 is 1.39 bits per heavy atom. The number of aromatic hydroxyl groups is 1. The zero-order valence-corrected chi connectivity index (χ0v) is 13.4. The second-order valence-electron chi connectivity index (χ2n) is 5.05. The molecular formula is C17H18O6. The minimum Gasteiger partial charge on any atom is -0.508 e. The molecular weight excluding hydrogens is 300 g/mol. The minimum atomic E-state index is -0.691. The van der Waals surface area contributed by atoms with Crippen LogP contribution in [0, 0.1) is 0 Å². The van der Waals surface area contributed by atoms with E-state index in [4.69, 9.17) is 14.2 Å². The lowest BCUT2D eigenvalue weighted by atomic mass is 9.82. The number of methoxy groups -OCH3 is 2. The van der Waals surface area contributed by atoms with Crippen LogP contribution >= 0.6 is 0 Å². The van der Waals surface area contributed by atoms with Gasteiger partial charge in [-0.3, -0.25) is 0 Å². The first-order valence-corrected chi connectivity index (χ1v) is 6.95. The molecule has 0 spiro atoms. The van der Waals surface area contributed by atoms with E-state index >= 15 is 0 Å². The van der Waals surface area contributed by atoms with Gasteiger partial charge in [-0.05, 0) is 31.5 Å². The largest absolute Gasteiger partial charge is 0.508 e. The van der Waals surface area contributed by atoms with Crippen LogP contribution in [0.3, 0.4) is 0 Å². The van der Waals surface area contributed by atoms with Crippen LogP contribution in [0.15, 0.2) is 46.9 Å². The number of carbonyl (C=O) groups is 2. The Kier molecular flexibility index (Phi) is 4.74. The standard InChI is InChI=1S/C17H18O6/c1-9-13(16(19)21-3)15(11-5-7-12(18)8-6-11)14(10(2)23-9)17(20)22-4/h5-8,15,18H,1-4H3. The quantitative estimate of drug-likeness (QED) is 0.862. The molecule has 0 amide bonds. The first kappa shape index (κ1) is 16.6. The average molecular weight is 318 g/mol. The van der Waals surface area contributed by atoms with Crippen LogP contribution in [0.5, 0.6) is 5.75 Å². The van der Waals surface area contributed by atoms with Crippen LogP contribution in [0.25, 0.3) is 0 Å². The van der Waals surface area contributed by atoms with Gasteiger partial charge < -0.3 is 19.3 Å². The Bertz CT molecular complexity index is 658. The SMILES string of the molecule is COC(=O)C1=C(C)OC(C)=C(C(=O)OC)C1c1ccc(O)cc1. The van der Waals surface area contributed by atoms with Gasteiger partial charge in [-0.2, -0.15) is 0 Å². The molecule has 0 fully saturated rings. The molecule has 1 aliphatic heterocycles. The Morgan fingerprint density at radius 3 is 1.78 bits per heavy atom. The molecule has 0 atom stereocenters. The number of esters is 2. The fraction of sp³-hybridized carbons (Fsp3) is 0.294. The van der Waals surface area contributed by atoms with Gasteiger partial charge in [-0.15, -0.1) is 0 Å². The summed E-state index contributed by atoms with van der Waals surface area (Å²) in [4.78, 5) is 24.4. The van der Waals surface area contributed by atoms with Crippen molar-refractivity contribution in [3.63, 3.8) is 0 Å². The van der Waals surface area contributed by atoms with Gasteiger partial charge in [0.1, 0.15) is 17.3 Å². The van der Waals surface area contributed by atoms with Crippen molar-refractivity contribution in [1.82, 2.24) is 0 Å². The molecule has 1 N–H and O–H groups in total. The zero-order chi connectivity index (χ0) is 17.1. The van der Waals surface area contributed by atoms with Crippen molar-refractivity contribution in [3.05, 3.63) is 52.5 Å². The molecule has 0 saturated carbocycles. The predicted octanol–water partition coefficient (Wildman–Crippen LogP) is 2.40. The van der Waals surface area contributed by atoms with Gasteiger partial charge >= 0.3 is 11.9 Å². The van der Waals surface area contributed by atoms with E-state index in [1.54, 1.807) is 26.0 Å². The minimum absolute atomic E-state index is 0.0847. The number of rotatable bonds is 3. The number of phenolic OH excluding ortho intramolecular Hbond substituents is 1. The maximum atomic E-state index is 12.2. The molecule has 6 nitrogen and oxygen atoms in total. The molecule has 1 aromatic carbocycles. The number of ether oxygens (including phenoxy) is 3. The molecule has 6 heteroatoms. The summed E-state index contributed by atoms with van der Waals surface area (Å²) >= 11 is 0. The molecule has 2 rings (SSSR count). The highest BCUT2D eigenvalue weighted by Gasteiger charge is 2.38. The Balaban J connectivity index is 2.66. The van der Waals surface area contributed by atoms with E-state index < -0.39 is 17.9 Å². The van der Waals surface area contributed by atoms with Crippen LogP contribution in [0.1, 0.15) is 25.3 Å².